The van der Waals surface area contributed by atoms with Crippen LogP contribution in [0.1, 0.15) is 26.4 Å². The summed E-state index contributed by atoms with van der Waals surface area (Å²) in [6.45, 7) is 4.54. The second-order valence-corrected chi connectivity index (χ2v) is 6.33. The Labute approximate surface area is 134 Å². The van der Waals surface area contributed by atoms with Gasteiger partial charge in [-0.3, -0.25) is 9.59 Å². The molecule has 2 amide bonds. The van der Waals surface area contributed by atoms with Gasteiger partial charge in [0.15, 0.2) is 0 Å². The number of nitrogens with zero attached hydrogens (tertiary/aromatic N) is 1. The second kappa shape index (κ2) is 7.22. The van der Waals surface area contributed by atoms with Gasteiger partial charge in [-0.25, -0.2) is 0 Å². The predicted molar refractivity (Wildman–Crippen MR) is 89.0 cm³/mol. The van der Waals surface area contributed by atoms with Crippen LogP contribution in [0.15, 0.2) is 35.7 Å². The third-order valence-electron chi connectivity index (χ3n) is 3.46. The van der Waals surface area contributed by atoms with Gasteiger partial charge >= 0.3 is 0 Å². The van der Waals surface area contributed by atoms with Gasteiger partial charge in [-0.1, -0.05) is 17.7 Å². The summed E-state index contributed by atoms with van der Waals surface area (Å²) in [6, 6.07) is 9.35. The van der Waals surface area contributed by atoms with Crippen molar-refractivity contribution in [2.45, 2.75) is 20.4 Å². The molecule has 116 valence electrons. The maximum atomic E-state index is 12.1. The van der Waals surface area contributed by atoms with E-state index in [1.807, 2.05) is 37.4 Å². The standard InChI is InChI=1S/C17H20N2O2S/c1-12-5-4-6-14(9-12)17(21)18-10-16(20)19(3)11-15-13(2)7-8-22-15/h4-9H,10-11H2,1-3H3,(H,18,21). The van der Waals surface area contributed by atoms with E-state index in [9.17, 15) is 9.59 Å². The molecule has 0 spiro atoms. The van der Waals surface area contributed by atoms with Crippen molar-refractivity contribution in [2.75, 3.05) is 13.6 Å². The zero-order valence-corrected chi connectivity index (χ0v) is 13.9. The summed E-state index contributed by atoms with van der Waals surface area (Å²) in [4.78, 5) is 26.9. The number of benzene rings is 1. The number of thiophene rings is 1. The highest BCUT2D eigenvalue weighted by Crippen LogP contribution is 2.17. The highest BCUT2D eigenvalue weighted by atomic mass is 32.1. The molecule has 0 unspecified atom stereocenters. The van der Waals surface area contributed by atoms with E-state index in [-0.39, 0.29) is 18.4 Å². The van der Waals surface area contributed by atoms with Gasteiger partial charge in [0, 0.05) is 17.5 Å². The van der Waals surface area contributed by atoms with Crippen molar-refractivity contribution in [3.05, 3.63) is 57.3 Å². The first-order valence-corrected chi connectivity index (χ1v) is 7.97. The summed E-state index contributed by atoms with van der Waals surface area (Å²) in [7, 11) is 1.75. The van der Waals surface area contributed by atoms with Gasteiger partial charge in [-0.05, 0) is 43.0 Å². The Hall–Kier alpha value is -2.14. The van der Waals surface area contributed by atoms with Crippen molar-refractivity contribution in [3.63, 3.8) is 0 Å². The lowest BCUT2D eigenvalue weighted by Gasteiger charge is -2.17. The number of rotatable bonds is 5. The molecule has 1 heterocycles. The van der Waals surface area contributed by atoms with Gasteiger partial charge in [-0.15, -0.1) is 11.3 Å². The first-order valence-electron chi connectivity index (χ1n) is 7.09. The molecule has 1 N–H and O–H groups in total. The van der Waals surface area contributed by atoms with Gasteiger partial charge in [0.05, 0.1) is 13.1 Å². The average molecular weight is 316 g/mol. The van der Waals surface area contributed by atoms with Crippen LogP contribution in [0.5, 0.6) is 0 Å². The molecule has 0 aliphatic carbocycles. The van der Waals surface area contributed by atoms with Crippen molar-refractivity contribution in [2.24, 2.45) is 0 Å². The van der Waals surface area contributed by atoms with Gasteiger partial charge in [0.1, 0.15) is 0 Å². The van der Waals surface area contributed by atoms with E-state index in [0.717, 1.165) is 5.56 Å². The van der Waals surface area contributed by atoms with Crippen LogP contribution in [0.25, 0.3) is 0 Å². The van der Waals surface area contributed by atoms with Crippen LogP contribution in [-0.4, -0.2) is 30.3 Å². The van der Waals surface area contributed by atoms with Crippen molar-refractivity contribution in [3.8, 4) is 0 Å². The molecule has 2 aromatic rings. The quantitative estimate of drug-likeness (QED) is 0.922. The maximum Gasteiger partial charge on any atom is 0.251 e. The number of likely N-dealkylation sites (N-methyl/N-ethyl adjacent to an activating group) is 1. The second-order valence-electron chi connectivity index (χ2n) is 5.33. The molecule has 0 saturated carbocycles. The minimum atomic E-state index is -0.224. The zero-order valence-electron chi connectivity index (χ0n) is 13.1. The summed E-state index contributed by atoms with van der Waals surface area (Å²) in [5, 5.41) is 4.69. The highest BCUT2D eigenvalue weighted by molar-refractivity contribution is 7.10. The number of carbonyl (C=O) groups excluding carboxylic acids is 2. The minimum Gasteiger partial charge on any atom is -0.343 e. The van der Waals surface area contributed by atoms with Crippen molar-refractivity contribution < 1.29 is 9.59 Å². The number of hydrogen-bond acceptors (Lipinski definition) is 3. The Balaban J connectivity index is 1.87. The van der Waals surface area contributed by atoms with Crippen LogP contribution in [0.4, 0.5) is 0 Å². The lowest BCUT2D eigenvalue weighted by atomic mass is 10.1. The van der Waals surface area contributed by atoms with Crippen LogP contribution >= 0.6 is 11.3 Å². The lowest BCUT2D eigenvalue weighted by molar-refractivity contribution is -0.129. The molecule has 0 aliphatic rings. The molecule has 2 rings (SSSR count). The molecule has 0 radical (unpaired) electrons. The molecule has 0 saturated heterocycles. The van der Waals surface area contributed by atoms with Crippen molar-refractivity contribution >= 4 is 23.2 Å². The van der Waals surface area contributed by atoms with Gasteiger partial charge < -0.3 is 10.2 Å². The van der Waals surface area contributed by atoms with E-state index >= 15 is 0 Å². The van der Waals surface area contributed by atoms with Crippen LogP contribution in [-0.2, 0) is 11.3 Å². The van der Waals surface area contributed by atoms with Crippen molar-refractivity contribution in [1.29, 1.82) is 0 Å². The summed E-state index contributed by atoms with van der Waals surface area (Å²) >= 11 is 1.64. The molecule has 22 heavy (non-hydrogen) atoms. The molecule has 1 aromatic carbocycles. The smallest absolute Gasteiger partial charge is 0.251 e. The number of amides is 2. The fourth-order valence-electron chi connectivity index (χ4n) is 2.05. The first-order chi connectivity index (χ1) is 10.5. The molecule has 0 atom stereocenters. The summed E-state index contributed by atoms with van der Waals surface area (Å²) in [5.74, 6) is -0.327. The Bertz CT molecular complexity index is 679. The van der Waals surface area contributed by atoms with E-state index in [1.165, 1.54) is 10.4 Å². The molecular formula is C17H20N2O2S. The molecule has 1 aromatic heterocycles. The Kier molecular flexibility index (Phi) is 5.33. The Morgan fingerprint density at radius 3 is 2.64 bits per heavy atom. The molecule has 4 nitrogen and oxygen atoms in total. The molecular weight excluding hydrogens is 296 g/mol. The van der Waals surface area contributed by atoms with E-state index in [0.29, 0.717) is 12.1 Å². The van der Waals surface area contributed by atoms with Crippen LogP contribution < -0.4 is 5.32 Å². The Morgan fingerprint density at radius 1 is 1.23 bits per heavy atom. The van der Waals surface area contributed by atoms with E-state index in [1.54, 1.807) is 35.4 Å². The molecule has 0 fully saturated rings. The molecule has 0 aliphatic heterocycles. The molecule has 5 heteroatoms. The van der Waals surface area contributed by atoms with Crippen LogP contribution in [0.3, 0.4) is 0 Å². The number of aryl methyl sites for hydroxylation is 2. The largest absolute Gasteiger partial charge is 0.343 e. The van der Waals surface area contributed by atoms with Crippen LogP contribution in [0, 0.1) is 13.8 Å². The summed E-state index contributed by atoms with van der Waals surface area (Å²) in [5.41, 5.74) is 2.78. The maximum absolute atomic E-state index is 12.1. The third-order valence-corrected chi connectivity index (χ3v) is 4.46. The van der Waals surface area contributed by atoms with Gasteiger partial charge in [0.25, 0.3) is 5.91 Å². The van der Waals surface area contributed by atoms with E-state index < -0.39 is 0 Å². The average Bonchev–Trinajstić information content (AvgIpc) is 2.89. The number of carbonyl (C=O) groups is 2. The van der Waals surface area contributed by atoms with Gasteiger partial charge in [0.2, 0.25) is 5.91 Å². The molecule has 0 bridgehead atoms. The number of nitrogens with one attached hydrogen (secondary N) is 1. The topological polar surface area (TPSA) is 49.4 Å². The van der Waals surface area contributed by atoms with E-state index in [2.05, 4.69) is 5.32 Å². The fraction of sp³-hybridized carbons (Fsp3) is 0.294. The SMILES string of the molecule is Cc1cccc(C(=O)NCC(=O)N(C)Cc2sccc2C)c1. The predicted octanol–water partition coefficient (Wildman–Crippen LogP) is 2.75. The lowest BCUT2D eigenvalue weighted by Crippen LogP contribution is -2.37. The zero-order chi connectivity index (χ0) is 16.1. The van der Waals surface area contributed by atoms with E-state index in [4.69, 9.17) is 0 Å². The van der Waals surface area contributed by atoms with Gasteiger partial charge in [-0.2, -0.15) is 0 Å². The fourth-order valence-corrected chi connectivity index (χ4v) is 3.01. The normalized spacial score (nSPS) is 10.3. The van der Waals surface area contributed by atoms with Crippen molar-refractivity contribution in [1.82, 2.24) is 10.2 Å². The first kappa shape index (κ1) is 16.2. The monoisotopic (exact) mass is 316 g/mol. The van der Waals surface area contributed by atoms with Crippen LogP contribution in [0.2, 0.25) is 0 Å². The Morgan fingerprint density at radius 2 is 2.00 bits per heavy atom. The summed E-state index contributed by atoms with van der Waals surface area (Å²) in [6.07, 6.45) is 0. The minimum absolute atomic E-state index is 0.00764. The highest BCUT2D eigenvalue weighted by Gasteiger charge is 2.13. The summed E-state index contributed by atoms with van der Waals surface area (Å²) < 4.78 is 0. The third kappa shape index (κ3) is 4.18. The number of hydrogen-bond donors (Lipinski definition) is 1.